The van der Waals surface area contributed by atoms with Gasteiger partial charge in [0, 0.05) is 44.0 Å². The Kier molecular flexibility index (Phi) is 3.79. The Bertz CT molecular complexity index is 682. The summed E-state index contributed by atoms with van der Waals surface area (Å²) in [4.78, 5) is 4.71. The molecule has 120 valence electrons. The molecule has 0 unspecified atom stereocenters. The lowest BCUT2D eigenvalue weighted by Gasteiger charge is -2.36. The Balaban J connectivity index is 1.39. The molecule has 0 radical (unpaired) electrons. The van der Waals surface area contributed by atoms with Gasteiger partial charge in [0.15, 0.2) is 11.5 Å². The van der Waals surface area contributed by atoms with Crippen molar-refractivity contribution in [2.24, 2.45) is 0 Å². The minimum absolute atomic E-state index is 0.187. The summed E-state index contributed by atoms with van der Waals surface area (Å²) >= 11 is 0. The molecule has 0 aromatic heterocycles. The highest BCUT2D eigenvalue weighted by Gasteiger charge is 2.22. The van der Waals surface area contributed by atoms with E-state index in [4.69, 9.17) is 9.47 Å². The quantitative estimate of drug-likeness (QED) is 0.870. The van der Waals surface area contributed by atoms with Gasteiger partial charge in [-0.25, -0.2) is 4.39 Å². The molecule has 2 heterocycles. The number of ether oxygens (including phenoxy) is 2. The van der Waals surface area contributed by atoms with E-state index in [1.165, 1.54) is 17.7 Å². The zero-order valence-electron chi connectivity index (χ0n) is 12.9. The van der Waals surface area contributed by atoms with Gasteiger partial charge in [0.25, 0.3) is 0 Å². The van der Waals surface area contributed by atoms with Gasteiger partial charge in [-0.1, -0.05) is 12.1 Å². The molecular weight excluding hydrogens is 295 g/mol. The first kappa shape index (κ1) is 14.3. The minimum atomic E-state index is -0.187. The first-order chi connectivity index (χ1) is 11.3. The van der Waals surface area contributed by atoms with Gasteiger partial charge >= 0.3 is 0 Å². The molecule has 0 aliphatic carbocycles. The Morgan fingerprint density at radius 2 is 1.70 bits per heavy atom. The average Bonchev–Trinajstić information content (AvgIpc) is 3.06. The summed E-state index contributed by atoms with van der Waals surface area (Å²) in [5.74, 6) is 1.54. The summed E-state index contributed by atoms with van der Waals surface area (Å²) in [6.45, 7) is 5.01. The van der Waals surface area contributed by atoms with Crippen molar-refractivity contribution in [1.82, 2.24) is 4.90 Å². The van der Waals surface area contributed by atoms with E-state index in [9.17, 15) is 4.39 Å². The number of piperazine rings is 1. The molecule has 4 rings (SSSR count). The maximum atomic E-state index is 13.0. The van der Waals surface area contributed by atoms with E-state index in [0.29, 0.717) is 6.79 Å². The molecule has 1 saturated heterocycles. The maximum absolute atomic E-state index is 13.0. The Hall–Kier alpha value is -2.27. The van der Waals surface area contributed by atoms with Crippen LogP contribution in [0.4, 0.5) is 10.1 Å². The SMILES string of the molecule is Fc1ccc(N2CCN(Cc3cccc4c3OCO4)CC2)cc1. The number of anilines is 1. The van der Waals surface area contributed by atoms with Gasteiger partial charge in [-0.2, -0.15) is 0 Å². The van der Waals surface area contributed by atoms with Crippen molar-refractivity contribution < 1.29 is 13.9 Å². The molecule has 2 aliphatic heterocycles. The largest absolute Gasteiger partial charge is 0.454 e. The van der Waals surface area contributed by atoms with Gasteiger partial charge in [-0.05, 0) is 30.3 Å². The zero-order valence-corrected chi connectivity index (χ0v) is 12.9. The average molecular weight is 314 g/mol. The van der Waals surface area contributed by atoms with Gasteiger partial charge in [-0.15, -0.1) is 0 Å². The second-order valence-electron chi connectivity index (χ2n) is 5.89. The maximum Gasteiger partial charge on any atom is 0.231 e. The van der Waals surface area contributed by atoms with Crippen molar-refractivity contribution in [3.05, 3.63) is 53.8 Å². The summed E-state index contributed by atoms with van der Waals surface area (Å²) in [5, 5.41) is 0. The summed E-state index contributed by atoms with van der Waals surface area (Å²) in [6, 6.07) is 12.8. The van der Waals surface area contributed by atoms with E-state index in [1.807, 2.05) is 24.3 Å². The van der Waals surface area contributed by atoms with E-state index in [0.717, 1.165) is 49.9 Å². The molecule has 2 aromatic carbocycles. The molecule has 2 aliphatic rings. The third-order valence-electron chi connectivity index (χ3n) is 4.44. The van der Waals surface area contributed by atoms with E-state index in [1.54, 1.807) is 0 Å². The number of para-hydroxylation sites is 1. The summed E-state index contributed by atoms with van der Waals surface area (Å²) in [7, 11) is 0. The fourth-order valence-corrected chi connectivity index (χ4v) is 3.17. The molecule has 0 atom stereocenters. The van der Waals surface area contributed by atoms with Crippen LogP contribution in [0.5, 0.6) is 11.5 Å². The molecule has 5 heteroatoms. The van der Waals surface area contributed by atoms with Crippen molar-refractivity contribution in [2.75, 3.05) is 37.9 Å². The summed E-state index contributed by atoms with van der Waals surface area (Å²) in [5.41, 5.74) is 2.26. The Morgan fingerprint density at radius 1 is 0.913 bits per heavy atom. The first-order valence-corrected chi connectivity index (χ1v) is 7.90. The van der Waals surface area contributed by atoms with Crippen LogP contribution in [0.15, 0.2) is 42.5 Å². The van der Waals surface area contributed by atoms with Crippen LogP contribution in [0.3, 0.4) is 0 Å². The van der Waals surface area contributed by atoms with Crippen LogP contribution in [0.2, 0.25) is 0 Å². The molecule has 4 nitrogen and oxygen atoms in total. The van der Waals surface area contributed by atoms with E-state index < -0.39 is 0 Å². The van der Waals surface area contributed by atoms with Crippen molar-refractivity contribution in [2.45, 2.75) is 6.54 Å². The lowest BCUT2D eigenvalue weighted by Crippen LogP contribution is -2.46. The highest BCUT2D eigenvalue weighted by Crippen LogP contribution is 2.36. The van der Waals surface area contributed by atoms with Crippen molar-refractivity contribution >= 4 is 5.69 Å². The Labute approximate surface area is 135 Å². The smallest absolute Gasteiger partial charge is 0.231 e. The molecule has 0 N–H and O–H groups in total. The van der Waals surface area contributed by atoms with Crippen molar-refractivity contribution in [3.8, 4) is 11.5 Å². The fraction of sp³-hybridized carbons (Fsp3) is 0.333. The molecule has 23 heavy (non-hydrogen) atoms. The van der Waals surface area contributed by atoms with Crippen LogP contribution in [-0.2, 0) is 6.54 Å². The molecule has 2 aromatic rings. The number of rotatable bonds is 3. The number of halogens is 1. The van der Waals surface area contributed by atoms with Crippen LogP contribution >= 0.6 is 0 Å². The number of fused-ring (bicyclic) bond motifs is 1. The summed E-state index contributed by atoms with van der Waals surface area (Å²) in [6.07, 6.45) is 0. The first-order valence-electron chi connectivity index (χ1n) is 7.90. The molecule has 1 fully saturated rings. The lowest BCUT2D eigenvalue weighted by molar-refractivity contribution is 0.171. The molecule has 0 spiro atoms. The van der Waals surface area contributed by atoms with E-state index in [-0.39, 0.29) is 5.82 Å². The second-order valence-corrected chi connectivity index (χ2v) is 5.89. The van der Waals surface area contributed by atoms with Crippen LogP contribution in [0, 0.1) is 5.82 Å². The standard InChI is InChI=1S/C18H19FN2O2/c19-15-4-6-16(7-5-15)21-10-8-20(9-11-21)12-14-2-1-3-17-18(14)23-13-22-17/h1-7H,8-13H2. The zero-order chi connectivity index (χ0) is 15.6. The second kappa shape index (κ2) is 6.08. The van der Waals surface area contributed by atoms with Gasteiger partial charge in [0.2, 0.25) is 6.79 Å². The van der Waals surface area contributed by atoms with Crippen LogP contribution in [-0.4, -0.2) is 37.9 Å². The predicted molar refractivity (Wildman–Crippen MR) is 86.5 cm³/mol. The minimum Gasteiger partial charge on any atom is -0.454 e. The highest BCUT2D eigenvalue weighted by molar-refractivity contribution is 5.48. The van der Waals surface area contributed by atoms with Crippen LogP contribution in [0.1, 0.15) is 5.56 Å². The predicted octanol–water partition coefficient (Wildman–Crippen LogP) is 2.88. The topological polar surface area (TPSA) is 24.9 Å². The normalized spacial score (nSPS) is 17.5. The van der Waals surface area contributed by atoms with Gasteiger partial charge in [0.05, 0.1) is 0 Å². The van der Waals surface area contributed by atoms with Gasteiger partial charge in [0.1, 0.15) is 5.82 Å². The van der Waals surface area contributed by atoms with Crippen molar-refractivity contribution in [1.29, 1.82) is 0 Å². The van der Waals surface area contributed by atoms with E-state index >= 15 is 0 Å². The van der Waals surface area contributed by atoms with Crippen molar-refractivity contribution in [3.63, 3.8) is 0 Å². The molecular formula is C18H19FN2O2. The van der Waals surface area contributed by atoms with Gasteiger partial charge < -0.3 is 14.4 Å². The number of nitrogens with zero attached hydrogens (tertiary/aromatic N) is 2. The van der Waals surface area contributed by atoms with Crippen LogP contribution in [0.25, 0.3) is 0 Å². The van der Waals surface area contributed by atoms with Gasteiger partial charge in [-0.3, -0.25) is 4.90 Å². The monoisotopic (exact) mass is 314 g/mol. The third-order valence-corrected chi connectivity index (χ3v) is 4.44. The number of hydrogen-bond acceptors (Lipinski definition) is 4. The number of benzene rings is 2. The molecule has 0 saturated carbocycles. The molecule has 0 bridgehead atoms. The Morgan fingerprint density at radius 3 is 2.48 bits per heavy atom. The van der Waals surface area contributed by atoms with Crippen LogP contribution < -0.4 is 14.4 Å². The molecule has 0 amide bonds. The summed E-state index contributed by atoms with van der Waals surface area (Å²) < 4.78 is 24.0. The fourth-order valence-electron chi connectivity index (χ4n) is 3.17. The number of hydrogen-bond donors (Lipinski definition) is 0. The lowest BCUT2D eigenvalue weighted by atomic mass is 10.1. The van der Waals surface area contributed by atoms with E-state index in [2.05, 4.69) is 15.9 Å². The highest BCUT2D eigenvalue weighted by atomic mass is 19.1. The third kappa shape index (κ3) is 2.97.